The van der Waals surface area contributed by atoms with Gasteiger partial charge in [-0.05, 0) is 80.7 Å². The van der Waals surface area contributed by atoms with Crippen molar-refractivity contribution < 1.29 is 4.79 Å². The number of rotatable bonds is 5. The molecule has 0 unspecified atom stereocenters. The summed E-state index contributed by atoms with van der Waals surface area (Å²) in [5, 5.41) is 4.48. The number of amides is 1. The Morgan fingerprint density at radius 1 is 0.933 bits per heavy atom. The summed E-state index contributed by atoms with van der Waals surface area (Å²) in [6, 6.07) is 12.1. The van der Waals surface area contributed by atoms with E-state index in [1.807, 2.05) is 53.5 Å². The van der Waals surface area contributed by atoms with E-state index in [2.05, 4.69) is 19.9 Å². The van der Waals surface area contributed by atoms with Gasteiger partial charge in [-0.2, -0.15) is 5.10 Å². The lowest BCUT2D eigenvalue weighted by Crippen LogP contribution is -2.42. The molecular weight excluding hydrogens is 374 g/mol. The Bertz CT molecular complexity index is 992. The van der Waals surface area contributed by atoms with Crippen LogP contribution in [-0.2, 0) is 0 Å². The monoisotopic (exact) mass is 401 g/mol. The molecule has 1 aromatic carbocycles. The second kappa shape index (κ2) is 8.40. The van der Waals surface area contributed by atoms with E-state index in [1.54, 1.807) is 12.4 Å². The zero-order chi connectivity index (χ0) is 20.3. The number of hydrogen-bond acceptors (Lipinski definition) is 4. The molecule has 0 N–H and O–H groups in total. The van der Waals surface area contributed by atoms with Crippen LogP contribution >= 0.6 is 0 Å². The van der Waals surface area contributed by atoms with Crippen molar-refractivity contribution >= 4 is 5.91 Å². The molecule has 30 heavy (non-hydrogen) atoms. The lowest BCUT2D eigenvalue weighted by atomic mass is 10.1. The van der Waals surface area contributed by atoms with E-state index in [4.69, 9.17) is 0 Å². The largest absolute Gasteiger partial charge is 0.334 e. The Balaban J connectivity index is 1.29. The maximum absolute atomic E-state index is 13.1. The lowest BCUT2D eigenvalue weighted by molar-refractivity contribution is 0.0709. The number of carbonyl (C=O) groups excluding carboxylic acids is 1. The highest BCUT2D eigenvalue weighted by Gasteiger charge is 2.31. The summed E-state index contributed by atoms with van der Waals surface area (Å²) in [7, 11) is 0. The van der Waals surface area contributed by atoms with Crippen LogP contribution in [0.4, 0.5) is 0 Å². The van der Waals surface area contributed by atoms with Gasteiger partial charge >= 0.3 is 0 Å². The van der Waals surface area contributed by atoms with Gasteiger partial charge in [0.15, 0.2) is 0 Å². The van der Waals surface area contributed by atoms with Crippen LogP contribution in [0.15, 0.2) is 61.2 Å². The highest BCUT2D eigenvalue weighted by molar-refractivity contribution is 5.94. The molecule has 0 bridgehead atoms. The molecule has 4 heterocycles. The van der Waals surface area contributed by atoms with Crippen LogP contribution in [0.25, 0.3) is 16.8 Å². The lowest BCUT2D eigenvalue weighted by Gasteiger charge is -2.28. The summed E-state index contributed by atoms with van der Waals surface area (Å²) in [5.74, 6) is 0.154. The Kier molecular flexibility index (Phi) is 5.32. The summed E-state index contributed by atoms with van der Waals surface area (Å²) >= 11 is 0. The Hall–Kier alpha value is -2.99. The zero-order valence-electron chi connectivity index (χ0n) is 17.2. The third-order valence-corrected chi connectivity index (χ3v) is 6.28. The minimum atomic E-state index is 0.154. The smallest absolute Gasteiger partial charge is 0.254 e. The number of aromatic nitrogens is 3. The molecule has 0 spiro atoms. The first kappa shape index (κ1) is 19.0. The predicted octanol–water partition coefficient (Wildman–Crippen LogP) is 3.63. The van der Waals surface area contributed by atoms with Gasteiger partial charge in [0.2, 0.25) is 0 Å². The standard InChI is InChI=1S/C24H27N5O/c30-24(28-15-3-4-23(28)18-27-13-1-2-14-27)20-5-7-22(8-6-20)29-17-21(16-26-29)19-9-11-25-12-10-19/h5-12,16-17,23H,1-4,13-15,18H2/t23-/m0/s1. The topological polar surface area (TPSA) is 54.3 Å². The van der Waals surface area contributed by atoms with Gasteiger partial charge in [-0.3, -0.25) is 9.78 Å². The minimum absolute atomic E-state index is 0.154. The van der Waals surface area contributed by atoms with Gasteiger partial charge in [-0.15, -0.1) is 0 Å². The second-order valence-electron chi connectivity index (χ2n) is 8.26. The van der Waals surface area contributed by atoms with Crippen molar-refractivity contribution in [3.63, 3.8) is 0 Å². The first-order valence-corrected chi connectivity index (χ1v) is 10.9. The average Bonchev–Trinajstić information content (AvgIpc) is 3.57. The van der Waals surface area contributed by atoms with Crippen molar-refractivity contribution in [1.82, 2.24) is 24.6 Å². The van der Waals surface area contributed by atoms with Crippen LogP contribution in [0.5, 0.6) is 0 Å². The SMILES string of the molecule is O=C(c1ccc(-n2cc(-c3ccncc3)cn2)cc1)N1CCC[C@H]1CN1CCCC1. The fourth-order valence-electron chi connectivity index (χ4n) is 4.64. The van der Waals surface area contributed by atoms with E-state index in [9.17, 15) is 4.79 Å². The third kappa shape index (κ3) is 3.87. The summed E-state index contributed by atoms with van der Waals surface area (Å²) in [4.78, 5) is 21.8. The van der Waals surface area contributed by atoms with E-state index in [-0.39, 0.29) is 5.91 Å². The zero-order valence-corrected chi connectivity index (χ0v) is 17.2. The van der Waals surface area contributed by atoms with Gasteiger partial charge in [0.05, 0.1) is 11.9 Å². The van der Waals surface area contributed by atoms with Crippen molar-refractivity contribution in [2.24, 2.45) is 0 Å². The quantitative estimate of drug-likeness (QED) is 0.655. The molecule has 0 aliphatic carbocycles. The number of likely N-dealkylation sites (tertiary alicyclic amines) is 2. The Labute approximate surface area is 177 Å². The summed E-state index contributed by atoms with van der Waals surface area (Å²) in [6.45, 7) is 4.25. The third-order valence-electron chi connectivity index (χ3n) is 6.28. The van der Waals surface area contributed by atoms with E-state index in [0.29, 0.717) is 6.04 Å². The van der Waals surface area contributed by atoms with E-state index in [0.717, 1.165) is 48.3 Å². The summed E-state index contributed by atoms with van der Waals surface area (Å²) < 4.78 is 1.84. The van der Waals surface area contributed by atoms with Crippen LogP contribution in [0.1, 0.15) is 36.0 Å². The molecule has 2 saturated heterocycles. The molecule has 2 aromatic heterocycles. The molecule has 5 rings (SSSR count). The van der Waals surface area contributed by atoms with Gasteiger partial charge in [-0.1, -0.05) is 0 Å². The number of carbonyl (C=O) groups is 1. The van der Waals surface area contributed by atoms with Crippen molar-refractivity contribution in [3.05, 3.63) is 66.7 Å². The van der Waals surface area contributed by atoms with E-state index in [1.165, 1.54) is 25.9 Å². The van der Waals surface area contributed by atoms with Crippen LogP contribution in [-0.4, -0.2) is 62.7 Å². The van der Waals surface area contributed by atoms with Crippen molar-refractivity contribution in [2.45, 2.75) is 31.7 Å². The maximum Gasteiger partial charge on any atom is 0.254 e. The molecule has 1 amide bonds. The molecule has 1 atom stereocenters. The average molecular weight is 402 g/mol. The second-order valence-corrected chi connectivity index (χ2v) is 8.26. The number of nitrogens with zero attached hydrogens (tertiary/aromatic N) is 5. The molecule has 2 aliphatic rings. The molecule has 154 valence electrons. The van der Waals surface area contributed by atoms with Crippen LogP contribution in [0.3, 0.4) is 0 Å². The molecular formula is C24H27N5O. The van der Waals surface area contributed by atoms with Gasteiger partial charge < -0.3 is 9.80 Å². The van der Waals surface area contributed by atoms with Gasteiger partial charge in [0.1, 0.15) is 0 Å². The first-order valence-electron chi connectivity index (χ1n) is 10.9. The maximum atomic E-state index is 13.1. The molecule has 0 saturated carbocycles. The summed E-state index contributed by atoms with van der Waals surface area (Å²) in [5.41, 5.74) is 3.83. The Morgan fingerprint density at radius 3 is 2.47 bits per heavy atom. The van der Waals surface area contributed by atoms with Crippen molar-refractivity contribution in [2.75, 3.05) is 26.2 Å². The molecule has 2 fully saturated rings. The van der Waals surface area contributed by atoms with Gasteiger partial charge in [-0.25, -0.2) is 4.68 Å². The van der Waals surface area contributed by atoms with E-state index >= 15 is 0 Å². The van der Waals surface area contributed by atoms with Crippen molar-refractivity contribution in [3.8, 4) is 16.8 Å². The number of benzene rings is 1. The highest BCUT2D eigenvalue weighted by Crippen LogP contribution is 2.24. The molecule has 6 nitrogen and oxygen atoms in total. The highest BCUT2D eigenvalue weighted by atomic mass is 16.2. The molecule has 6 heteroatoms. The van der Waals surface area contributed by atoms with Crippen molar-refractivity contribution in [1.29, 1.82) is 0 Å². The molecule has 3 aromatic rings. The van der Waals surface area contributed by atoms with Gasteiger partial charge in [0.25, 0.3) is 5.91 Å². The molecule has 0 radical (unpaired) electrons. The molecule has 2 aliphatic heterocycles. The number of hydrogen-bond donors (Lipinski definition) is 0. The van der Waals surface area contributed by atoms with E-state index < -0.39 is 0 Å². The normalized spacial score (nSPS) is 19.5. The van der Waals surface area contributed by atoms with Crippen LogP contribution < -0.4 is 0 Å². The minimum Gasteiger partial charge on any atom is -0.334 e. The van der Waals surface area contributed by atoms with Crippen LogP contribution in [0, 0.1) is 0 Å². The van der Waals surface area contributed by atoms with Gasteiger partial charge in [0, 0.05) is 48.8 Å². The van der Waals surface area contributed by atoms with Crippen LogP contribution in [0.2, 0.25) is 0 Å². The number of pyridine rings is 1. The Morgan fingerprint density at radius 2 is 1.70 bits per heavy atom. The predicted molar refractivity (Wildman–Crippen MR) is 117 cm³/mol. The first-order chi connectivity index (χ1) is 14.8. The summed E-state index contributed by atoms with van der Waals surface area (Å²) in [6.07, 6.45) is 12.2. The fourth-order valence-corrected chi connectivity index (χ4v) is 4.64. The fraction of sp³-hybridized carbons (Fsp3) is 0.375.